The Hall–Kier alpha value is -3.00. The summed E-state index contributed by atoms with van der Waals surface area (Å²) in [5.74, 6) is 0. The van der Waals surface area contributed by atoms with Crippen molar-refractivity contribution in [1.82, 2.24) is 0 Å². The lowest BCUT2D eigenvalue weighted by Gasteiger charge is -2.25. The van der Waals surface area contributed by atoms with Gasteiger partial charge >= 0.3 is 0 Å². The molecule has 3 heteroatoms. The molecule has 0 heterocycles. The number of nitrogens with zero attached hydrogens (tertiary/aromatic N) is 1. The summed E-state index contributed by atoms with van der Waals surface area (Å²) in [7, 11) is 0. The molecule has 142 valence electrons. The molecule has 0 N–H and O–H groups in total. The van der Waals surface area contributed by atoms with E-state index >= 15 is 0 Å². The van der Waals surface area contributed by atoms with Crippen molar-refractivity contribution >= 4 is 52.4 Å². The molecule has 0 aliphatic heterocycles. The first-order valence-electron chi connectivity index (χ1n) is 9.33. The van der Waals surface area contributed by atoms with Crippen molar-refractivity contribution in [2.45, 2.75) is 0 Å². The van der Waals surface area contributed by atoms with Gasteiger partial charge in [-0.2, -0.15) is 0 Å². The molecule has 0 fully saturated rings. The number of benzene rings is 4. The summed E-state index contributed by atoms with van der Waals surface area (Å²) in [6, 6.07) is 34.5. The van der Waals surface area contributed by atoms with Gasteiger partial charge in [-0.1, -0.05) is 77.8 Å². The lowest BCUT2D eigenvalue weighted by atomic mass is 10.1. The predicted octanol–water partition coefficient (Wildman–Crippen LogP) is 8.63. The van der Waals surface area contributed by atoms with E-state index in [0.29, 0.717) is 0 Å². The van der Waals surface area contributed by atoms with Crippen molar-refractivity contribution in [2.24, 2.45) is 0 Å². The van der Waals surface area contributed by atoms with Crippen LogP contribution < -0.4 is 4.90 Å². The molecular weight excluding hydrogens is 397 g/mol. The SMILES string of the molecule is Clc1ccc(/C=C/c2ccc(N(c3ccccc3)c3ccc(Cl)cc3)cc2)cc1. The maximum absolute atomic E-state index is 6.09. The Morgan fingerprint density at radius 3 is 1.34 bits per heavy atom. The Labute approximate surface area is 181 Å². The highest BCUT2D eigenvalue weighted by Gasteiger charge is 2.11. The Balaban J connectivity index is 1.63. The van der Waals surface area contributed by atoms with Crippen molar-refractivity contribution in [3.8, 4) is 0 Å². The zero-order chi connectivity index (χ0) is 20.1. The van der Waals surface area contributed by atoms with E-state index in [0.717, 1.165) is 38.2 Å². The summed E-state index contributed by atoms with van der Waals surface area (Å²) >= 11 is 12.0. The molecule has 4 aromatic rings. The van der Waals surface area contributed by atoms with Crippen LogP contribution in [-0.4, -0.2) is 0 Å². The molecule has 0 unspecified atom stereocenters. The van der Waals surface area contributed by atoms with E-state index in [2.05, 4.69) is 53.5 Å². The molecule has 0 aromatic heterocycles. The Morgan fingerprint density at radius 1 is 0.448 bits per heavy atom. The highest BCUT2D eigenvalue weighted by Crippen LogP contribution is 2.35. The van der Waals surface area contributed by atoms with E-state index in [4.69, 9.17) is 23.2 Å². The van der Waals surface area contributed by atoms with Gasteiger partial charge in [0.15, 0.2) is 0 Å². The summed E-state index contributed by atoms with van der Waals surface area (Å²) in [6.07, 6.45) is 4.18. The Kier molecular flexibility index (Phi) is 6.00. The number of para-hydroxylation sites is 1. The van der Waals surface area contributed by atoms with Gasteiger partial charge in [0, 0.05) is 27.1 Å². The number of hydrogen-bond donors (Lipinski definition) is 0. The van der Waals surface area contributed by atoms with E-state index in [-0.39, 0.29) is 0 Å². The lowest BCUT2D eigenvalue weighted by Crippen LogP contribution is -2.09. The van der Waals surface area contributed by atoms with Gasteiger partial charge in [0.2, 0.25) is 0 Å². The molecule has 0 radical (unpaired) electrons. The van der Waals surface area contributed by atoms with Crippen LogP contribution in [0.25, 0.3) is 12.2 Å². The van der Waals surface area contributed by atoms with Crippen molar-refractivity contribution in [3.05, 3.63) is 124 Å². The summed E-state index contributed by atoms with van der Waals surface area (Å²) in [5, 5.41) is 1.47. The fourth-order valence-electron chi connectivity index (χ4n) is 3.12. The molecule has 0 spiro atoms. The molecule has 0 atom stereocenters. The number of anilines is 3. The second kappa shape index (κ2) is 9.00. The van der Waals surface area contributed by atoms with Crippen LogP contribution in [0.4, 0.5) is 17.1 Å². The zero-order valence-electron chi connectivity index (χ0n) is 15.7. The molecule has 4 rings (SSSR count). The third kappa shape index (κ3) is 4.89. The Bertz CT molecular complexity index is 1080. The van der Waals surface area contributed by atoms with Crippen molar-refractivity contribution in [3.63, 3.8) is 0 Å². The van der Waals surface area contributed by atoms with E-state index in [9.17, 15) is 0 Å². The maximum atomic E-state index is 6.09. The molecule has 0 saturated heterocycles. The van der Waals surface area contributed by atoms with Crippen LogP contribution in [0.3, 0.4) is 0 Å². The maximum Gasteiger partial charge on any atom is 0.0462 e. The van der Waals surface area contributed by atoms with Crippen molar-refractivity contribution in [1.29, 1.82) is 0 Å². The van der Waals surface area contributed by atoms with Crippen LogP contribution >= 0.6 is 23.2 Å². The fraction of sp³-hybridized carbons (Fsp3) is 0. The topological polar surface area (TPSA) is 3.24 Å². The summed E-state index contributed by atoms with van der Waals surface area (Å²) in [4.78, 5) is 2.21. The molecular formula is C26H19Cl2N. The standard InChI is InChI=1S/C26H19Cl2N/c27-22-12-8-20(9-13-22)6-7-21-10-16-25(17-11-21)29(24-4-2-1-3-5-24)26-18-14-23(28)15-19-26/h1-19H/b7-6+. The smallest absolute Gasteiger partial charge is 0.0462 e. The quantitative estimate of drug-likeness (QED) is 0.294. The fourth-order valence-corrected chi connectivity index (χ4v) is 3.37. The zero-order valence-corrected chi connectivity index (χ0v) is 17.2. The average molecular weight is 416 g/mol. The number of rotatable bonds is 5. The molecule has 0 aliphatic rings. The molecule has 0 saturated carbocycles. The van der Waals surface area contributed by atoms with E-state index in [1.54, 1.807) is 0 Å². The van der Waals surface area contributed by atoms with Gasteiger partial charge in [0.05, 0.1) is 0 Å². The molecule has 4 aromatic carbocycles. The number of halogens is 2. The third-order valence-corrected chi connectivity index (χ3v) is 5.09. The van der Waals surface area contributed by atoms with Crippen molar-refractivity contribution in [2.75, 3.05) is 4.90 Å². The first kappa shape index (κ1) is 19.3. The molecule has 1 nitrogen and oxygen atoms in total. The highest BCUT2D eigenvalue weighted by atomic mass is 35.5. The normalized spacial score (nSPS) is 11.0. The van der Waals surface area contributed by atoms with Gasteiger partial charge in [-0.05, 0) is 71.8 Å². The molecule has 0 amide bonds. The Morgan fingerprint density at radius 2 is 0.828 bits per heavy atom. The monoisotopic (exact) mass is 415 g/mol. The molecule has 29 heavy (non-hydrogen) atoms. The van der Waals surface area contributed by atoms with Crippen LogP contribution in [0.1, 0.15) is 11.1 Å². The van der Waals surface area contributed by atoms with E-state index < -0.39 is 0 Å². The molecule has 0 bridgehead atoms. The van der Waals surface area contributed by atoms with Gasteiger partial charge in [0.1, 0.15) is 0 Å². The minimum absolute atomic E-state index is 0.726. The average Bonchev–Trinajstić information content (AvgIpc) is 2.77. The minimum atomic E-state index is 0.726. The minimum Gasteiger partial charge on any atom is -0.311 e. The van der Waals surface area contributed by atoms with Gasteiger partial charge < -0.3 is 4.90 Å². The van der Waals surface area contributed by atoms with Crippen LogP contribution in [0.5, 0.6) is 0 Å². The van der Waals surface area contributed by atoms with Gasteiger partial charge in [0.25, 0.3) is 0 Å². The summed E-state index contributed by atoms with van der Waals surface area (Å²) < 4.78 is 0. The van der Waals surface area contributed by atoms with Crippen LogP contribution in [0.2, 0.25) is 10.0 Å². The van der Waals surface area contributed by atoms with Crippen LogP contribution in [0.15, 0.2) is 103 Å². The lowest BCUT2D eigenvalue weighted by molar-refractivity contribution is 1.28. The van der Waals surface area contributed by atoms with Crippen LogP contribution in [0, 0.1) is 0 Å². The van der Waals surface area contributed by atoms with E-state index in [1.165, 1.54) is 0 Å². The third-order valence-electron chi connectivity index (χ3n) is 4.59. The highest BCUT2D eigenvalue weighted by molar-refractivity contribution is 6.30. The van der Waals surface area contributed by atoms with Gasteiger partial charge in [-0.3, -0.25) is 0 Å². The van der Waals surface area contributed by atoms with Crippen molar-refractivity contribution < 1.29 is 0 Å². The second-order valence-corrected chi connectivity index (χ2v) is 7.50. The van der Waals surface area contributed by atoms with Gasteiger partial charge in [-0.15, -0.1) is 0 Å². The molecule has 0 aliphatic carbocycles. The summed E-state index contributed by atoms with van der Waals surface area (Å²) in [5.41, 5.74) is 5.49. The summed E-state index contributed by atoms with van der Waals surface area (Å²) in [6.45, 7) is 0. The first-order chi connectivity index (χ1) is 14.2. The predicted molar refractivity (Wildman–Crippen MR) is 127 cm³/mol. The van der Waals surface area contributed by atoms with E-state index in [1.807, 2.05) is 66.7 Å². The number of hydrogen-bond acceptors (Lipinski definition) is 1. The first-order valence-corrected chi connectivity index (χ1v) is 10.1. The largest absolute Gasteiger partial charge is 0.311 e. The van der Waals surface area contributed by atoms with Crippen LogP contribution in [-0.2, 0) is 0 Å². The second-order valence-electron chi connectivity index (χ2n) is 6.62. The van der Waals surface area contributed by atoms with Gasteiger partial charge in [-0.25, -0.2) is 0 Å².